The minimum atomic E-state index is -2.28. The Labute approximate surface area is 167 Å². The van der Waals surface area contributed by atoms with Crippen LogP contribution in [0.3, 0.4) is 0 Å². The van der Waals surface area contributed by atoms with E-state index in [-0.39, 0.29) is 24.2 Å². The fourth-order valence-electron chi connectivity index (χ4n) is 3.39. The highest BCUT2D eigenvalue weighted by molar-refractivity contribution is 5.95. The lowest BCUT2D eigenvalue weighted by Crippen LogP contribution is -2.49. The van der Waals surface area contributed by atoms with Gasteiger partial charge in [-0.15, -0.1) is 0 Å². The largest absolute Gasteiger partial charge is 0.507 e. The highest BCUT2D eigenvalue weighted by Gasteiger charge is 2.50. The zero-order valence-electron chi connectivity index (χ0n) is 16.3. The Balaban J connectivity index is 2.02. The summed E-state index contributed by atoms with van der Waals surface area (Å²) < 4.78 is 20.7. The standard InChI is InChI=1S/C20H24O9/c1-10-5-4-6-20(25,19(24)27-3)15(22)9-14-17(29-14)12-7-11(26-2)8-13(21)16(12)18(23)28-10/h4,6-8,10,14-15,17,21-22,25H,5,9H2,1-3H3/t10-,14+,15-,17+,20?/m0/s1. The van der Waals surface area contributed by atoms with E-state index in [4.69, 9.17) is 14.2 Å². The molecule has 1 fully saturated rings. The van der Waals surface area contributed by atoms with Crippen LogP contribution in [-0.2, 0) is 19.0 Å². The Kier molecular flexibility index (Phi) is 5.83. The number of epoxide rings is 1. The maximum atomic E-state index is 12.7. The fourth-order valence-corrected chi connectivity index (χ4v) is 3.39. The van der Waals surface area contributed by atoms with Gasteiger partial charge in [-0.05, 0) is 19.1 Å². The van der Waals surface area contributed by atoms with Gasteiger partial charge in [-0.3, -0.25) is 0 Å². The normalized spacial score (nSPS) is 31.8. The fraction of sp³-hybridized carbons (Fsp3) is 0.500. The number of carbonyl (C=O) groups excluding carboxylic acids is 2. The molecule has 1 aromatic rings. The van der Waals surface area contributed by atoms with Crippen LogP contribution in [0.2, 0.25) is 0 Å². The van der Waals surface area contributed by atoms with Gasteiger partial charge in [0.05, 0.1) is 26.4 Å². The molecular formula is C20H24O9. The smallest absolute Gasteiger partial charge is 0.344 e. The van der Waals surface area contributed by atoms with E-state index in [9.17, 15) is 24.9 Å². The first-order valence-electron chi connectivity index (χ1n) is 9.15. The average Bonchev–Trinajstić information content (AvgIpc) is 3.44. The first-order valence-corrected chi connectivity index (χ1v) is 9.15. The Morgan fingerprint density at radius 2 is 2.03 bits per heavy atom. The predicted molar refractivity (Wildman–Crippen MR) is 98.5 cm³/mol. The molecule has 1 saturated heterocycles. The zero-order valence-corrected chi connectivity index (χ0v) is 16.3. The Bertz CT molecular complexity index is 833. The van der Waals surface area contributed by atoms with Crippen LogP contribution in [0.4, 0.5) is 0 Å². The molecule has 2 aliphatic heterocycles. The van der Waals surface area contributed by atoms with Crippen LogP contribution in [0, 0.1) is 0 Å². The molecule has 2 aliphatic rings. The highest BCUT2D eigenvalue weighted by atomic mass is 16.6. The zero-order chi connectivity index (χ0) is 21.3. The molecule has 0 radical (unpaired) electrons. The molecule has 0 aromatic heterocycles. The molecular weight excluding hydrogens is 384 g/mol. The van der Waals surface area contributed by atoms with Crippen LogP contribution in [0.5, 0.6) is 11.5 Å². The number of ether oxygens (including phenoxy) is 4. The molecule has 9 heteroatoms. The molecule has 3 N–H and O–H groups in total. The Hall–Kier alpha value is -2.62. The van der Waals surface area contributed by atoms with Crippen molar-refractivity contribution in [2.75, 3.05) is 14.2 Å². The number of phenolic OH excluding ortho intramolecular Hbond substituents is 1. The summed E-state index contributed by atoms with van der Waals surface area (Å²) in [6.07, 6.45) is -0.802. The van der Waals surface area contributed by atoms with E-state index in [0.29, 0.717) is 11.3 Å². The van der Waals surface area contributed by atoms with Gasteiger partial charge in [-0.2, -0.15) is 0 Å². The number of hydrogen-bond acceptors (Lipinski definition) is 9. The van der Waals surface area contributed by atoms with Crippen molar-refractivity contribution >= 4 is 11.9 Å². The van der Waals surface area contributed by atoms with Crippen molar-refractivity contribution in [2.45, 2.75) is 49.8 Å². The summed E-state index contributed by atoms with van der Waals surface area (Å²) in [6, 6.07) is 2.84. The van der Waals surface area contributed by atoms with Gasteiger partial charge < -0.3 is 34.3 Å². The van der Waals surface area contributed by atoms with Crippen molar-refractivity contribution in [3.8, 4) is 11.5 Å². The molecule has 0 amide bonds. The molecule has 3 rings (SSSR count). The lowest BCUT2D eigenvalue weighted by Gasteiger charge is -2.27. The number of cyclic esters (lactones) is 1. The van der Waals surface area contributed by atoms with Gasteiger partial charge in [0.25, 0.3) is 0 Å². The van der Waals surface area contributed by atoms with Crippen LogP contribution < -0.4 is 4.74 Å². The lowest BCUT2D eigenvalue weighted by atomic mass is 9.90. The van der Waals surface area contributed by atoms with E-state index < -0.39 is 42.0 Å². The van der Waals surface area contributed by atoms with E-state index in [1.807, 2.05) is 0 Å². The highest BCUT2D eigenvalue weighted by Crippen LogP contribution is 2.47. The van der Waals surface area contributed by atoms with Crippen molar-refractivity contribution in [2.24, 2.45) is 0 Å². The van der Waals surface area contributed by atoms with E-state index in [2.05, 4.69) is 4.74 Å². The number of esters is 2. The van der Waals surface area contributed by atoms with Gasteiger partial charge in [0.15, 0.2) is 0 Å². The molecule has 29 heavy (non-hydrogen) atoms. The maximum Gasteiger partial charge on any atom is 0.344 e. The van der Waals surface area contributed by atoms with Gasteiger partial charge in [0.1, 0.15) is 29.3 Å². The summed E-state index contributed by atoms with van der Waals surface area (Å²) in [7, 11) is 2.52. The number of benzene rings is 1. The monoisotopic (exact) mass is 408 g/mol. The first kappa shape index (κ1) is 21.1. The third kappa shape index (κ3) is 4.07. The molecule has 0 spiro atoms. The molecule has 0 aliphatic carbocycles. The van der Waals surface area contributed by atoms with Crippen molar-refractivity contribution in [3.05, 3.63) is 35.4 Å². The summed E-state index contributed by atoms with van der Waals surface area (Å²) in [5, 5.41) is 31.6. The average molecular weight is 408 g/mol. The van der Waals surface area contributed by atoms with E-state index >= 15 is 0 Å². The van der Waals surface area contributed by atoms with Crippen LogP contribution >= 0.6 is 0 Å². The second kappa shape index (κ2) is 8.02. The van der Waals surface area contributed by atoms with Gasteiger partial charge in [0.2, 0.25) is 5.60 Å². The predicted octanol–water partition coefficient (Wildman–Crippen LogP) is 1.00. The number of aromatic hydroxyl groups is 1. The van der Waals surface area contributed by atoms with Crippen molar-refractivity contribution < 1.29 is 43.9 Å². The molecule has 0 saturated carbocycles. The molecule has 1 unspecified atom stereocenters. The summed E-state index contributed by atoms with van der Waals surface area (Å²) in [4.78, 5) is 24.8. The summed E-state index contributed by atoms with van der Waals surface area (Å²) in [6.45, 7) is 1.62. The SMILES string of the molecule is COC(=O)C1(O)C=CC[C@H](C)OC(=O)c2c(O)cc(OC)cc2[C@H]2O[C@@H]2C[C@@H]1O. The van der Waals surface area contributed by atoms with Crippen molar-refractivity contribution in [3.63, 3.8) is 0 Å². The number of hydrogen-bond donors (Lipinski definition) is 3. The Morgan fingerprint density at radius 1 is 1.31 bits per heavy atom. The quantitative estimate of drug-likeness (QED) is 0.372. The van der Waals surface area contributed by atoms with Gasteiger partial charge >= 0.3 is 11.9 Å². The minimum Gasteiger partial charge on any atom is -0.507 e. The Morgan fingerprint density at radius 3 is 2.69 bits per heavy atom. The molecule has 2 heterocycles. The van der Waals surface area contributed by atoms with Crippen LogP contribution in [0.1, 0.15) is 41.8 Å². The van der Waals surface area contributed by atoms with Gasteiger partial charge in [0, 0.05) is 24.5 Å². The number of aliphatic hydroxyl groups is 2. The molecule has 158 valence electrons. The second-order valence-corrected chi connectivity index (χ2v) is 7.13. The third-order valence-electron chi connectivity index (χ3n) is 5.07. The van der Waals surface area contributed by atoms with Crippen molar-refractivity contribution in [1.82, 2.24) is 0 Å². The van der Waals surface area contributed by atoms with E-state index in [0.717, 1.165) is 13.2 Å². The number of rotatable bonds is 2. The minimum absolute atomic E-state index is 0.0499. The summed E-state index contributed by atoms with van der Waals surface area (Å²) >= 11 is 0. The van der Waals surface area contributed by atoms with E-state index in [1.165, 1.54) is 19.3 Å². The molecule has 1 aromatic carbocycles. The number of phenols is 1. The lowest BCUT2D eigenvalue weighted by molar-refractivity contribution is -0.167. The summed E-state index contributed by atoms with van der Waals surface area (Å²) in [5.74, 6) is -1.76. The number of carbonyl (C=O) groups is 2. The van der Waals surface area contributed by atoms with Gasteiger partial charge in [-0.25, -0.2) is 9.59 Å². The van der Waals surface area contributed by atoms with Crippen LogP contribution in [-0.4, -0.2) is 65.4 Å². The molecule has 5 atom stereocenters. The second-order valence-electron chi connectivity index (χ2n) is 7.13. The summed E-state index contributed by atoms with van der Waals surface area (Å²) in [5.41, 5.74) is -1.99. The molecule has 0 bridgehead atoms. The first-order chi connectivity index (χ1) is 13.7. The van der Waals surface area contributed by atoms with E-state index in [1.54, 1.807) is 13.0 Å². The van der Waals surface area contributed by atoms with Crippen LogP contribution in [0.25, 0.3) is 0 Å². The van der Waals surface area contributed by atoms with Gasteiger partial charge in [-0.1, -0.05) is 6.08 Å². The number of methoxy groups -OCH3 is 2. The number of fused-ring (bicyclic) bond motifs is 3. The van der Waals surface area contributed by atoms with Crippen LogP contribution in [0.15, 0.2) is 24.3 Å². The maximum absolute atomic E-state index is 12.7. The number of aliphatic hydroxyl groups excluding tert-OH is 1. The topological polar surface area (TPSA) is 135 Å². The van der Waals surface area contributed by atoms with Crippen molar-refractivity contribution in [1.29, 1.82) is 0 Å². The third-order valence-corrected chi connectivity index (χ3v) is 5.07. The molecule has 9 nitrogen and oxygen atoms in total.